The van der Waals surface area contributed by atoms with E-state index in [-0.39, 0.29) is 5.91 Å². The molecule has 1 unspecified atom stereocenters. The highest BCUT2D eigenvalue weighted by atomic mass is 16.7. The number of rotatable bonds is 16. The number of carbonyl (C=O) groups is 1. The Hall–Kier alpha value is -1.71. The number of nitrogens with one attached hydrogen (secondary N) is 1. The summed E-state index contributed by atoms with van der Waals surface area (Å²) < 4.78 is 10.9. The van der Waals surface area contributed by atoms with Gasteiger partial charge in [0.05, 0.1) is 6.61 Å². The summed E-state index contributed by atoms with van der Waals surface area (Å²) in [7, 11) is 0. The number of ether oxygens (including phenoxy) is 2. The van der Waals surface area contributed by atoms with Crippen LogP contribution in [0.3, 0.4) is 0 Å². The van der Waals surface area contributed by atoms with E-state index in [1.807, 2.05) is 0 Å². The molecular weight excluding hydrogens is 438 g/mol. The molecular formula is C26H43NO7. The van der Waals surface area contributed by atoms with Crippen molar-refractivity contribution in [2.75, 3.05) is 11.9 Å². The van der Waals surface area contributed by atoms with Crippen molar-refractivity contribution in [3.8, 4) is 5.75 Å². The fourth-order valence-corrected chi connectivity index (χ4v) is 4.09. The Morgan fingerprint density at radius 1 is 0.853 bits per heavy atom. The summed E-state index contributed by atoms with van der Waals surface area (Å²) in [5.41, 5.74) is 0.634. The van der Waals surface area contributed by atoms with Crippen molar-refractivity contribution in [1.82, 2.24) is 0 Å². The van der Waals surface area contributed by atoms with Crippen molar-refractivity contribution < 1.29 is 34.7 Å². The summed E-state index contributed by atoms with van der Waals surface area (Å²) >= 11 is 0. The number of anilines is 1. The average Bonchev–Trinajstić information content (AvgIpc) is 2.84. The molecule has 0 saturated carbocycles. The third-order valence-corrected chi connectivity index (χ3v) is 6.25. The van der Waals surface area contributed by atoms with Crippen LogP contribution in [0, 0.1) is 0 Å². The lowest BCUT2D eigenvalue weighted by Gasteiger charge is -2.39. The monoisotopic (exact) mass is 481 g/mol. The molecule has 0 aliphatic carbocycles. The Kier molecular flexibility index (Phi) is 13.5. The number of unbranched alkanes of at least 4 members (excludes halogenated alkanes) is 10. The minimum Gasteiger partial charge on any atom is -0.462 e. The van der Waals surface area contributed by atoms with E-state index < -0.39 is 37.3 Å². The second-order valence-electron chi connectivity index (χ2n) is 9.17. The zero-order valence-corrected chi connectivity index (χ0v) is 20.4. The second-order valence-corrected chi connectivity index (χ2v) is 9.17. The van der Waals surface area contributed by atoms with Crippen LogP contribution >= 0.6 is 0 Å². The van der Waals surface area contributed by atoms with Gasteiger partial charge in [0, 0.05) is 12.1 Å². The number of aliphatic hydroxyl groups is 4. The van der Waals surface area contributed by atoms with Crippen molar-refractivity contribution in [2.24, 2.45) is 0 Å². The summed E-state index contributed by atoms with van der Waals surface area (Å²) in [6.45, 7) is 1.72. The first-order valence-corrected chi connectivity index (χ1v) is 12.8. The van der Waals surface area contributed by atoms with Gasteiger partial charge in [-0.3, -0.25) is 4.79 Å². The number of aliphatic hydroxyl groups excluding tert-OH is 4. The van der Waals surface area contributed by atoms with Crippen molar-refractivity contribution in [2.45, 2.75) is 115 Å². The first kappa shape index (κ1) is 28.5. The molecule has 194 valence electrons. The molecule has 1 aliphatic heterocycles. The Bertz CT molecular complexity index is 682. The van der Waals surface area contributed by atoms with Gasteiger partial charge in [0.25, 0.3) is 0 Å². The topological polar surface area (TPSA) is 128 Å². The average molecular weight is 482 g/mol. The highest BCUT2D eigenvalue weighted by Crippen LogP contribution is 2.25. The number of benzene rings is 1. The maximum absolute atomic E-state index is 12.2. The SMILES string of the molecule is CCCCCCCCCCCCCC(=O)Nc1ccc(OC2O[C@H](CO)[C@@H](O)[C@H](O)[C@H]2O)cc1. The van der Waals surface area contributed by atoms with Gasteiger partial charge in [-0.25, -0.2) is 0 Å². The number of hydrogen-bond acceptors (Lipinski definition) is 7. The van der Waals surface area contributed by atoms with E-state index in [9.17, 15) is 25.2 Å². The molecule has 8 heteroatoms. The zero-order valence-electron chi connectivity index (χ0n) is 20.4. The minimum atomic E-state index is -1.50. The first-order chi connectivity index (χ1) is 16.5. The number of carbonyl (C=O) groups excluding carboxylic acids is 1. The van der Waals surface area contributed by atoms with Gasteiger partial charge in [-0.05, 0) is 30.7 Å². The number of hydrogen-bond donors (Lipinski definition) is 5. The molecule has 0 spiro atoms. The van der Waals surface area contributed by atoms with Crippen LogP contribution in [0.2, 0.25) is 0 Å². The van der Waals surface area contributed by atoms with Crippen molar-refractivity contribution in [1.29, 1.82) is 0 Å². The molecule has 1 aromatic rings. The van der Waals surface area contributed by atoms with Crippen LogP contribution in [0.4, 0.5) is 5.69 Å². The van der Waals surface area contributed by atoms with Crippen molar-refractivity contribution >= 4 is 11.6 Å². The molecule has 5 N–H and O–H groups in total. The molecule has 0 aromatic heterocycles. The van der Waals surface area contributed by atoms with Crippen LogP contribution < -0.4 is 10.1 Å². The predicted octanol–water partition coefficient (Wildman–Crippen LogP) is 3.50. The van der Waals surface area contributed by atoms with E-state index in [2.05, 4.69) is 12.2 Å². The van der Waals surface area contributed by atoms with E-state index in [0.717, 1.165) is 12.8 Å². The molecule has 5 atom stereocenters. The summed E-state index contributed by atoms with van der Waals surface area (Å²) in [4.78, 5) is 12.2. The van der Waals surface area contributed by atoms with Gasteiger partial charge in [-0.15, -0.1) is 0 Å². The third-order valence-electron chi connectivity index (χ3n) is 6.25. The van der Waals surface area contributed by atoms with Gasteiger partial charge >= 0.3 is 0 Å². The largest absolute Gasteiger partial charge is 0.462 e. The highest BCUT2D eigenvalue weighted by molar-refractivity contribution is 5.90. The Balaban J connectivity index is 1.61. The van der Waals surface area contributed by atoms with Crippen LogP contribution in [-0.4, -0.2) is 63.6 Å². The molecule has 34 heavy (non-hydrogen) atoms. The van der Waals surface area contributed by atoms with E-state index in [0.29, 0.717) is 17.9 Å². The second kappa shape index (κ2) is 16.1. The van der Waals surface area contributed by atoms with Gasteiger partial charge in [-0.2, -0.15) is 0 Å². The smallest absolute Gasteiger partial charge is 0.229 e. The lowest BCUT2D eigenvalue weighted by molar-refractivity contribution is -0.277. The molecule has 1 heterocycles. The zero-order chi connectivity index (χ0) is 24.8. The lowest BCUT2D eigenvalue weighted by Crippen LogP contribution is -2.60. The van der Waals surface area contributed by atoms with Crippen LogP contribution in [-0.2, 0) is 9.53 Å². The maximum atomic E-state index is 12.2. The molecule has 2 rings (SSSR count). The first-order valence-electron chi connectivity index (χ1n) is 12.8. The standard InChI is InChI=1S/C26H43NO7/c1-2-3-4-5-6-7-8-9-10-11-12-13-22(29)27-19-14-16-20(17-15-19)33-26-25(32)24(31)23(30)21(18-28)34-26/h14-17,21,23-26,28,30-32H,2-13,18H2,1H3,(H,27,29)/t21-,23-,24+,25-,26?/m1/s1. The molecule has 1 fully saturated rings. The van der Waals surface area contributed by atoms with Gasteiger partial charge in [0.2, 0.25) is 12.2 Å². The Morgan fingerprint density at radius 2 is 1.41 bits per heavy atom. The molecule has 1 aliphatic rings. The van der Waals surface area contributed by atoms with E-state index in [4.69, 9.17) is 9.47 Å². The van der Waals surface area contributed by atoms with Gasteiger partial charge in [0.1, 0.15) is 30.2 Å². The van der Waals surface area contributed by atoms with E-state index in [1.54, 1.807) is 24.3 Å². The van der Waals surface area contributed by atoms with Gasteiger partial charge < -0.3 is 35.2 Å². The Labute approximate surface area is 203 Å². The quantitative estimate of drug-likeness (QED) is 0.229. The maximum Gasteiger partial charge on any atom is 0.229 e. The molecule has 1 saturated heterocycles. The van der Waals surface area contributed by atoms with E-state index in [1.165, 1.54) is 57.8 Å². The molecule has 0 bridgehead atoms. The summed E-state index contributed by atoms with van der Waals surface area (Å²) in [5.74, 6) is 0.325. The molecule has 0 radical (unpaired) electrons. The summed E-state index contributed by atoms with van der Waals surface area (Å²) in [6, 6.07) is 6.58. The lowest BCUT2D eigenvalue weighted by atomic mass is 9.99. The molecule has 8 nitrogen and oxygen atoms in total. The van der Waals surface area contributed by atoms with Gasteiger partial charge in [0.15, 0.2) is 0 Å². The normalized spacial score (nSPS) is 24.7. The van der Waals surface area contributed by atoms with Crippen LogP contribution in [0.1, 0.15) is 84.0 Å². The summed E-state index contributed by atoms with van der Waals surface area (Å²) in [5, 5.41) is 41.9. The summed E-state index contributed by atoms with van der Waals surface area (Å²) in [6.07, 6.45) is 7.48. The number of amides is 1. The van der Waals surface area contributed by atoms with Crippen LogP contribution in [0.5, 0.6) is 5.75 Å². The fraction of sp³-hybridized carbons (Fsp3) is 0.731. The molecule has 1 aromatic carbocycles. The van der Waals surface area contributed by atoms with Crippen LogP contribution in [0.15, 0.2) is 24.3 Å². The minimum absolute atomic E-state index is 0.0291. The predicted molar refractivity (Wildman–Crippen MR) is 131 cm³/mol. The Morgan fingerprint density at radius 3 is 1.97 bits per heavy atom. The molecule has 1 amide bonds. The van der Waals surface area contributed by atoms with Crippen molar-refractivity contribution in [3.05, 3.63) is 24.3 Å². The van der Waals surface area contributed by atoms with E-state index >= 15 is 0 Å². The third kappa shape index (κ3) is 9.88. The van der Waals surface area contributed by atoms with Crippen LogP contribution in [0.25, 0.3) is 0 Å². The van der Waals surface area contributed by atoms with Crippen molar-refractivity contribution in [3.63, 3.8) is 0 Å². The fourth-order valence-electron chi connectivity index (χ4n) is 4.09. The highest BCUT2D eigenvalue weighted by Gasteiger charge is 2.44. The van der Waals surface area contributed by atoms with Gasteiger partial charge in [-0.1, -0.05) is 71.1 Å².